The number of rotatable bonds is 2. The van der Waals surface area contributed by atoms with E-state index in [-0.39, 0.29) is 5.69 Å². The lowest BCUT2D eigenvalue weighted by Gasteiger charge is -2.13. The lowest BCUT2D eigenvalue weighted by Crippen LogP contribution is -2.16. The maximum absolute atomic E-state index is 13.9. The number of nitrogens with zero attached hydrogens (tertiary/aromatic N) is 4. The van der Waals surface area contributed by atoms with Crippen LogP contribution in [-0.4, -0.2) is 39.6 Å². The Hall–Kier alpha value is -2.67. The van der Waals surface area contributed by atoms with Gasteiger partial charge in [0.05, 0.1) is 11.1 Å². The van der Waals surface area contributed by atoms with E-state index >= 15 is 0 Å². The number of nitrogen functional groups attached to an aromatic ring is 2. The van der Waals surface area contributed by atoms with Crippen LogP contribution in [0.2, 0.25) is 0 Å². The zero-order chi connectivity index (χ0) is 16.8. The number of fused-ring (bicyclic) bond motifs is 1. The molecular weight excluding hydrogens is 307 g/mol. The summed E-state index contributed by atoms with van der Waals surface area (Å²) in [5.74, 6) is -0.0400. The quantitative estimate of drug-likeness (QED) is 0.706. The summed E-state index contributed by atoms with van der Waals surface area (Å²) in [6, 6.07) is 5.11. The largest absolute Gasteiger partial charge is 0.396 e. The maximum Gasteiger partial charge on any atom is 0.146 e. The molecule has 4 N–H and O–H groups in total. The Labute approximate surface area is 138 Å². The summed E-state index contributed by atoms with van der Waals surface area (Å²) in [5, 5.41) is 0.760. The second-order valence-corrected chi connectivity index (χ2v) is 6.35. The minimum absolute atomic E-state index is 0.129. The smallest absolute Gasteiger partial charge is 0.146 e. The molecular formula is C17H19FN6. The number of halogens is 1. The Morgan fingerprint density at radius 1 is 1.25 bits per heavy atom. The second kappa shape index (κ2) is 5.45. The summed E-state index contributed by atoms with van der Waals surface area (Å²) in [7, 11) is 2.10. The Balaban J connectivity index is 1.93. The first-order valence-corrected chi connectivity index (χ1v) is 7.89. The van der Waals surface area contributed by atoms with E-state index in [9.17, 15) is 4.39 Å². The highest BCUT2D eigenvalue weighted by Crippen LogP contribution is 2.36. The first-order valence-electron chi connectivity index (χ1n) is 7.89. The van der Waals surface area contributed by atoms with Crippen LogP contribution < -0.4 is 11.5 Å². The van der Waals surface area contributed by atoms with Crippen LogP contribution in [0.4, 0.5) is 15.9 Å². The number of likely N-dealkylation sites (N-methyl/N-ethyl adjacent to an activating group) is 1. The van der Waals surface area contributed by atoms with Crippen LogP contribution in [0.1, 0.15) is 12.5 Å². The fraction of sp³-hybridized carbons (Fsp3) is 0.294. The summed E-state index contributed by atoms with van der Waals surface area (Å²) >= 11 is 0. The lowest BCUT2D eigenvalue weighted by atomic mass is 10.1. The van der Waals surface area contributed by atoms with Crippen LogP contribution in [0.3, 0.4) is 0 Å². The van der Waals surface area contributed by atoms with Crippen LogP contribution in [0.25, 0.3) is 22.2 Å². The van der Waals surface area contributed by atoms with E-state index in [1.807, 2.05) is 6.20 Å². The molecule has 3 aromatic rings. The van der Waals surface area contributed by atoms with E-state index in [1.54, 1.807) is 12.1 Å². The molecule has 7 heteroatoms. The molecule has 24 heavy (non-hydrogen) atoms. The Bertz CT molecular complexity index is 919. The molecule has 0 spiro atoms. The van der Waals surface area contributed by atoms with Gasteiger partial charge in [-0.15, -0.1) is 0 Å². The maximum atomic E-state index is 13.9. The predicted molar refractivity (Wildman–Crippen MR) is 92.9 cm³/mol. The molecule has 1 saturated heterocycles. The number of nitrogens with two attached hydrogens (primary N) is 2. The summed E-state index contributed by atoms with van der Waals surface area (Å²) in [4.78, 5) is 10.8. The van der Waals surface area contributed by atoms with Crippen LogP contribution in [0.5, 0.6) is 0 Å². The Morgan fingerprint density at radius 2 is 2.08 bits per heavy atom. The fourth-order valence-corrected chi connectivity index (χ4v) is 3.44. The third-order valence-electron chi connectivity index (χ3n) is 4.71. The van der Waals surface area contributed by atoms with Crippen molar-refractivity contribution in [3.8, 4) is 11.1 Å². The Morgan fingerprint density at radius 3 is 2.79 bits per heavy atom. The molecule has 1 fully saturated rings. The number of benzene rings is 1. The molecule has 0 saturated carbocycles. The van der Waals surface area contributed by atoms with Crippen molar-refractivity contribution >= 4 is 22.5 Å². The summed E-state index contributed by atoms with van der Waals surface area (Å²) in [5.41, 5.74) is 14.2. The molecule has 0 amide bonds. The van der Waals surface area contributed by atoms with E-state index < -0.39 is 5.82 Å². The first-order chi connectivity index (χ1) is 11.5. The first kappa shape index (κ1) is 14.9. The standard InChI is InChI=1S/C17H19FN6/c1-23-5-4-11(7-23)24-8-12(10-2-3-14(19)13(18)6-10)15-16(20)21-9-22-17(15)24/h2-3,6,8-9,11H,4-5,7,19H2,1H3,(H2,20,21,22). The van der Waals surface area contributed by atoms with Crippen molar-refractivity contribution < 1.29 is 4.39 Å². The fourth-order valence-electron chi connectivity index (χ4n) is 3.44. The zero-order valence-corrected chi connectivity index (χ0v) is 13.4. The predicted octanol–water partition coefficient (Wildman–Crippen LogP) is 2.28. The zero-order valence-electron chi connectivity index (χ0n) is 13.4. The SMILES string of the molecule is CN1CCC(n2cc(-c3ccc(N)c(F)c3)c3c(N)ncnc32)C1. The van der Waals surface area contributed by atoms with Crippen molar-refractivity contribution in [3.05, 3.63) is 36.5 Å². The summed E-state index contributed by atoms with van der Waals surface area (Å²) < 4.78 is 16.1. The molecule has 2 aromatic heterocycles. The molecule has 1 atom stereocenters. The molecule has 4 rings (SSSR count). The molecule has 3 heterocycles. The minimum Gasteiger partial charge on any atom is -0.396 e. The van der Waals surface area contributed by atoms with Crippen LogP contribution in [0, 0.1) is 5.82 Å². The number of hydrogen-bond acceptors (Lipinski definition) is 5. The van der Waals surface area contributed by atoms with Crippen molar-refractivity contribution in [3.63, 3.8) is 0 Å². The van der Waals surface area contributed by atoms with Gasteiger partial charge in [0.1, 0.15) is 23.6 Å². The van der Waals surface area contributed by atoms with Crippen molar-refractivity contribution in [2.45, 2.75) is 12.5 Å². The van der Waals surface area contributed by atoms with Gasteiger partial charge >= 0.3 is 0 Å². The average molecular weight is 326 g/mol. The molecule has 1 aliphatic heterocycles. The van der Waals surface area contributed by atoms with Gasteiger partial charge in [0.2, 0.25) is 0 Å². The van der Waals surface area contributed by atoms with E-state index in [2.05, 4.69) is 26.5 Å². The van der Waals surface area contributed by atoms with Gasteiger partial charge in [-0.25, -0.2) is 14.4 Å². The summed E-state index contributed by atoms with van der Waals surface area (Å²) in [6.45, 7) is 1.99. The number of aromatic nitrogens is 3. The van der Waals surface area contributed by atoms with E-state index in [0.717, 1.165) is 41.7 Å². The molecule has 0 bridgehead atoms. The summed E-state index contributed by atoms with van der Waals surface area (Å²) in [6.07, 6.45) is 4.52. The van der Waals surface area contributed by atoms with Gasteiger partial charge in [0.15, 0.2) is 0 Å². The van der Waals surface area contributed by atoms with Gasteiger partial charge in [-0.2, -0.15) is 0 Å². The highest BCUT2D eigenvalue weighted by Gasteiger charge is 2.25. The highest BCUT2D eigenvalue weighted by atomic mass is 19.1. The third-order valence-corrected chi connectivity index (χ3v) is 4.71. The molecule has 124 valence electrons. The van der Waals surface area contributed by atoms with Crippen LogP contribution in [-0.2, 0) is 0 Å². The van der Waals surface area contributed by atoms with Gasteiger partial charge in [0.25, 0.3) is 0 Å². The average Bonchev–Trinajstić information content (AvgIpc) is 3.14. The molecule has 1 aliphatic rings. The highest BCUT2D eigenvalue weighted by molar-refractivity contribution is 6.00. The van der Waals surface area contributed by atoms with E-state index in [4.69, 9.17) is 11.5 Å². The van der Waals surface area contributed by atoms with Gasteiger partial charge in [0, 0.05) is 24.3 Å². The van der Waals surface area contributed by atoms with Crippen molar-refractivity contribution in [2.24, 2.45) is 0 Å². The second-order valence-electron chi connectivity index (χ2n) is 6.35. The topological polar surface area (TPSA) is 86.0 Å². The van der Waals surface area contributed by atoms with Crippen molar-refractivity contribution in [1.82, 2.24) is 19.4 Å². The van der Waals surface area contributed by atoms with Gasteiger partial charge in [-0.1, -0.05) is 6.07 Å². The third kappa shape index (κ3) is 2.28. The van der Waals surface area contributed by atoms with Crippen LogP contribution in [0.15, 0.2) is 30.7 Å². The lowest BCUT2D eigenvalue weighted by molar-refractivity contribution is 0.395. The monoisotopic (exact) mass is 326 g/mol. The van der Waals surface area contributed by atoms with Crippen LogP contribution >= 0.6 is 0 Å². The molecule has 0 aliphatic carbocycles. The van der Waals surface area contributed by atoms with E-state index in [0.29, 0.717) is 11.9 Å². The molecule has 1 aromatic carbocycles. The molecule has 1 unspecified atom stereocenters. The molecule has 6 nitrogen and oxygen atoms in total. The number of anilines is 2. The molecule has 0 radical (unpaired) electrons. The van der Waals surface area contributed by atoms with Crippen molar-refractivity contribution in [1.29, 1.82) is 0 Å². The normalized spacial score (nSPS) is 18.5. The minimum atomic E-state index is -0.440. The number of hydrogen-bond donors (Lipinski definition) is 2. The number of likely N-dealkylation sites (tertiary alicyclic amines) is 1. The van der Waals surface area contributed by atoms with E-state index in [1.165, 1.54) is 12.4 Å². The van der Waals surface area contributed by atoms with Gasteiger partial charge < -0.3 is 20.9 Å². The van der Waals surface area contributed by atoms with Crippen molar-refractivity contribution in [2.75, 3.05) is 31.6 Å². The van der Waals surface area contributed by atoms with Gasteiger partial charge in [-0.3, -0.25) is 0 Å². The van der Waals surface area contributed by atoms with Gasteiger partial charge in [-0.05, 0) is 37.7 Å². The Kier molecular flexibility index (Phi) is 3.38.